The van der Waals surface area contributed by atoms with Crippen LogP contribution in [0.15, 0.2) is 0 Å². The van der Waals surface area contributed by atoms with Gasteiger partial charge < -0.3 is 19.9 Å². The van der Waals surface area contributed by atoms with E-state index in [2.05, 4.69) is 10.2 Å². The largest absolute Gasteiger partial charge is 0.383 e. The molecular weight excluding hydrogens is 296 g/mol. The van der Waals surface area contributed by atoms with Crippen LogP contribution in [0.5, 0.6) is 0 Å². The quantitative estimate of drug-likeness (QED) is 0.632. The number of rotatable bonds is 7. The van der Waals surface area contributed by atoms with Crippen molar-refractivity contribution >= 4 is 11.8 Å². The van der Waals surface area contributed by atoms with Crippen LogP contribution in [0.25, 0.3) is 0 Å². The van der Waals surface area contributed by atoms with Crippen LogP contribution in [-0.2, 0) is 14.3 Å². The van der Waals surface area contributed by atoms with Crippen LogP contribution in [0, 0.1) is 0 Å². The molecule has 2 heterocycles. The Kier molecular flexibility index (Phi) is 7.26. The maximum atomic E-state index is 12.4. The number of piperazine rings is 1. The van der Waals surface area contributed by atoms with Crippen LogP contribution in [-0.4, -0.2) is 98.6 Å². The van der Waals surface area contributed by atoms with E-state index >= 15 is 0 Å². The van der Waals surface area contributed by atoms with Crippen LogP contribution >= 0.6 is 0 Å². The van der Waals surface area contributed by atoms with Gasteiger partial charge in [-0.25, -0.2) is 0 Å². The van der Waals surface area contributed by atoms with Gasteiger partial charge in [0, 0.05) is 52.9 Å². The minimum Gasteiger partial charge on any atom is -0.383 e. The Balaban J connectivity index is 1.70. The van der Waals surface area contributed by atoms with E-state index in [4.69, 9.17) is 4.74 Å². The van der Waals surface area contributed by atoms with Crippen LogP contribution in [0.1, 0.15) is 19.8 Å². The molecule has 2 amide bonds. The van der Waals surface area contributed by atoms with E-state index in [0.29, 0.717) is 32.8 Å². The third-order valence-corrected chi connectivity index (χ3v) is 4.75. The van der Waals surface area contributed by atoms with Gasteiger partial charge in [-0.05, 0) is 19.8 Å². The number of ether oxygens (including phenoxy) is 1. The summed E-state index contributed by atoms with van der Waals surface area (Å²) in [6.07, 6.45) is 2.24. The second-order valence-corrected chi connectivity index (χ2v) is 6.29. The molecular formula is C16H30N4O3. The maximum Gasteiger partial charge on any atom is 0.239 e. The first kappa shape index (κ1) is 18.2. The molecule has 0 aromatic heterocycles. The number of nitrogens with zero attached hydrogens (tertiary/aromatic N) is 3. The molecule has 2 saturated heterocycles. The minimum absolute atomic E-state index is 0.0785. The van der Waals surface area contributed by atoms with Gasteiger partial charge in [-0.15, -0.1) is 0 Å². The fraction of sp³-hybridized carbons (Fsp3) is 0.875. The van der Waals surface area contributed by atoms with Gasteiger partial charge in [-0.1, -0.05) is 0 Å². The van der Waals surface area contributed by atoms with E-state index in [-0.39, 0.29) is 17.9 Å². The SMILES string of the molecule is COCCNCC(=O)N1CCN(C(C)C(=O)N2CCCC2)CC1. The summed E-state index contributed by atoms with van der Waals surface area (Å²) in [5, 5.41) is 3.08. The molecule has 0 aliphatic carbocycles. The first-order valence-electron chi connectivity index (χ1n) is 8.63. The number of hydrogen-bond acceptors (Lipinski definition) is 5. The fourth-order valence-electron chi connectivity index (χ4n) is 3.20. The highest BCUT2D eigenvalue weighted by Crippen LogP contribution is 2.13. The van der Waals surface area contributed by atoms with E-state index in [9.17, 15) is 9.59 Å². The number of amides is 2. The molecule has 0 saturated carbocycles. The highest BCUT2D eigenvalue weighted by Gasteiger charge is 2.30. The first-order valence-corrected chi connectivity index (χ1v) is 8.63. The average Bonchev–Trinajstić information content (AvgIpc) is 3.12. The lowest BCUT2D eigenvalue weighted by Gasteiger charge is -2.38. The zero-order chi connectivity index (χ0) is 16.7. The Hall–Kier alpha value is -1.18. The zero-order valence-corrected chi connectivity index (χ0v) is 14.4. The summed E-state index contributed by atoms with van der Waals surface area (Å²) < 4.78 is 4.94. The molecule has 0 spiro atoms. The molecule has 132 valence electrons. The summed E-state index contributed by atoms with van der Waals surface area (Å²) >= 11 is 0. The monoisotopic (exact) mass is 326 g/mol. The fourth-order valence-corrected chi connectivity index (χ4v) is 3.20. The molecule has 0 aromatic carbocycles. The molecule has 1 N–H and O–H groups in total. The van der Waals surface area contributed by atoms with E-state index < -0.39 is 0 Å². The third kappa shape index (κ3) is 5.16. The Morgan fingerprint density at radius 2 is 1.70 bits per heavy atom. The van der Waals surface area contributed by atoms with Crippen molar-refractivity contribution in [3.8, 4) is 0 Å². The third-order valence-electron chi connectivity index (χ3n) is 4.75. The van der Waals surface area contributed by atoms with Gasteiger partial charge in [0.1, 0.15) is 0 Å². The average molecular weight is 326 g/mol. The highest BCUT2D eigenvalue weighted by molar-refractivity contribution is 5.82. The normalized spacial score (nSPS) is 20.8. The van der Waals surface area contributed by atoms with Crippen molar-refractivity contribution in [2.24, 2.45) is 0 Å². The van der Waals surface area contributed by atoms with Crippen molar-refractivity contribution in [1.29, 1.82) is 0 Å². The second kappa shape index (κ2) is 9.20. The standard InChI is InChI=1S/C16H30N4O3/c1-14(16(22)20-6-3-4-7-20)18-8-10-19(11-9-18)15(21)13-17-5-12-23-2/h14,17H,3-13H2,1-2H3. The molecule has 7 heteroatoms. The molecule has 0 radical (unpaired) electrons. The lowest BCUT2D eigenvalue weighted by molar-refractivity contribution is -0.137. The van der Waals surface area contributed by atoms with Gasteiger partial charge in [-0.3, -0.25) is 14.5 Å². The lowest BCUT2D eigenvalue weighted by atomic mass is 10.2. The van der Waals surface area contributed by atoms with Crippen molar-refractivity contribution in [2.75, 3.05) is 66.1 Å². The number of carbonyl (C=O) groups excluding carboxylic acids is 2. The van der Waals surface area contributed by atoms with Gasteiger partial charge in [0.2, 0.25) is 11.8 Å². The van der Waals surface area contributed by atoms with Gasteiger partial charge in [-0.2, -0.15) is 0 Å². The number of nitrogens with one attached hydrogen (secondary N) is 1. The highest BCUT2D eigenvalue weighted by atomic mass is 16.5. The molecule has 1 unspecified atom stereocenters. The Morgan fingerprint density at radius 3 is 2.30 bits per heavy atom. The van der Waals surface area contributed by atoms with Gasteiger partial charge in [0.05, 0.1) is 19.2 Å². The maximum absolute atomic E-state index is 12.4. The molecule has 7 nitrogen and oxygen atoms in total. The smallest absolute Gasteiger partial charge is 0.239 e. The molecule has 23 heavy (non-hydrogen) atoms. The van der Waals surface area contributed by atoms with Gasteiger partial charge in [0.25, 0.3) is 0 Å². The van der Waals surface area contributed by atoms with E-state index in [1.165, 1.54) is 0 Å². The van der Waals surface area contributed by atoms with Crippen molar-refractivity contribution in [1.82, 2.24) is 20.0 Å². The van der Waals surface area contributed by atoms with Crippen LogP contribution in [0.2, 0.25) is 0 Å². The Bertz CT molecular complexity index is 391. The Morgan fingerprint density at radius 1 is 1.04 bits per heavy atom. The molecule has 1 atom stereocenters. The Labute approximate surface area is 138 Å². The number of hydrogen-bond donors (Lipinski definition) is 1. The van der Waals surface area contributed by atoms with Crippen LogP contribution in [0.4, 0.5) is 0 Å². The molecule has 2 rings (SSSR count). The minimum atomic E-state index is -0.0785. The van der Waals surface area contributed by atoms with Crippen molar-refractivity contribution in [3.05, 3.63) is 0 Å². The number of carbonyl (C=O) groups is 2. The summed E-state index contributed by atoms with van der Waals surface area (Å²) in [5.41, 5.74) is 0. The molecule has 0 bridgehead atoms. The van der Waals surface area contributed by atoms with Gasteiger partial charge in [0.15, 0.2) is 0 Å². The predicted octanol–water partition coefficient (Wildman–Crippen LogP) is -0.622. The van der Waals surface area contributed by atoms with E-state index in [1.54, 1.807) is 7.11 Å². The molecule has 2 aliphatic rings. The predicted molar refractivity (Wildman–Crippen MR) is 88.2 cm³/mol. The van der Waals surface area contributed by atoms with E-state index in [1.807, 2.05) is 16.7 Å². The van der Waals surface area contributed by atoms with Crippen molar-refractivity contribution in [2.45, 2.75) is 25.8 Å². The topological polar surface area (TPSA) is 65.1 Å². The first-order chi connectivity index (χ1) is 11.1. The lowest BCUT2D eigenvalue weighted by Crippen LogP contribution is -2.56. The zero-order valence-electron chi connectivity index (χ0n) is 14.4. The number of likely N-dealkylation sites (tertiary alicyclic amines) is 1. The van der Waals surface area contributed by atoms with Crippen LogP contribution < -0.4 is 5.32 Å². The summed E-state index contributed by atoms with van der Waals surface area (Å²) in [5.74, 6) is 0.364. The molecule has 2 fully saturated rings. The summed E-state index contributed by atoms with van der Waals surface area (Å²) in [4.78, 5) is 30.6. The summed E-state index contributed by atoms with van der Waals surface area (Å²) in [6.45, 7) is 8.36. The molecule has 0 aromatic rings. The second-order valence-electron chi connectivity index (χ2n) is 6.29. The summed E-state index contributed by atoms with van der Waals surface area (Å²) in [6, 6.07) is -0.0785. The summed E-state index contributed by atoms with van der Waals surface area (Å²) in [7, 11) is 1.65. The van der Waals surface area contributed by atoms with Crippen molar-refractivity contribution < 1.29 is 14.3 Å². The van der Waals surface area contributed by atoms with Gasteiger partial charge >= 0.3 is 0 Å². The number of methoxy groups -OCH3 is 1. The molecule has 2 aliphatic heterocycles. The van der Waals surface area contributed by atoms with Crippen molar-refractivity contribution in [3.63, 3.8) is 0 Å². The van der Waals surface area contributed by atoms with Crippen LogP contribution in [0.3, 0.4) is 0 Å². The van der Waals surface area contributed by atoms with E-state index in [0.717, 1.165) is 39.0 Å².